The molecular formula is C49H48GeIrN2O-2. The number of fused-ring (bicyclic) bond motifs is 6. The zero-order valence-corrected chi connectivity index (χ0v) is 36.3. The monoisotopic (exact) mass is 947 g/mol. The van der Waals surface area contributed by atoms with E-state index in [0.29, 0.717) is 0 Å². The van der Waals surface area contributed by atoms with Crippen molar-refractivity contribution in [3.63, 3.8) is 0 Å². The van der Waals surface area contributed by atoms with Crippen molar-refractivity contribution in [3.05, 3.63) is 137 Å². The molecule has 3 nitrogen and oxygen atoms in total. The molecule has 0 saturated carbocycles. The Kier molecular flexibility index (Phi) is 10.8. The Hall–Kier alpha value is -3.83. The third-order valence-electron chi connectivity index (χ3n) is 11.9. The summed E-state index contributed by atoms with van der Waals surface area (Å²) in [4.78, 5) is 9.54. The van der Waals surface area contributed by atoms with Crippen LogP contribution in [0.3, 0.4) is 0 Å². The molecule has 10 rings (SSSR count). The number of aromatic nitrogens is 2. The molecule has 0 unspecified atom stereocenters. The summed E-state index contributed by atoms with van der Waals surface area (Å²) in [6, 6.07) is 35.5. The van der Waals surface area contributed by atoms with Crippen molar-refractivity contribution >= 4 is 39.6 Å². The van der Waals surface area contributed by atoms with Gasteiger partial charge in [0, 0.05) is 31.7 Å². The summed E-state index contributed by atoms with van der Waals surface area (Å²) >= 11 is -1.75. The van der Waals surface area contributed by atoms with Crippen molar-refractivity contribution in [3.8, 4) is 33.6 Å². The van der Waals surface area contributed by atoms with Gasteiger partial charge in [-0.25, -0.2) is 0 Å². The van der Waals surface area contributed by atoms with Crippen molar-refractivity contribution in [1.29, 1.82) is 0 Å². The van der Waals surface area contributed by atoms with E-state index in [1.807, 2.05) is 12.3 Å². The molecule has 0 fully saturated rings. The summed E-state index contributed by atoms with van der Waals surface area (Å²) in [5.74, 6) is 7.23. The van der Waals surface area contributed by atoms with Gasteiger partial charge in [0.05, 0.1) is 5.58 Å². The number of nitrogens with zero attached hydrogens (tertiary/aromatic N) is 2. The smallest absolute Gasteiger partial charge is 0.120 e. The van der Waals surface area contributed by atoms with Gasteiger partial charge in [-0.3, -0.25) is 0 Å². The fraction of sp³-hybridized carbons (Fsp3) is 0.306. The van der Waals surface area contributed by atoms with Gasteiger partial charge < -0.3 is 9.40 Å². The fourth-order valence-corrected chi connectivity index (χ4v) is 11.1. The number of rotatable bonds is 4. The Morgan fingerprint density at radius 3 is 2.06 bits per heavy atom. The van der Waals surface area contributed by atoms with Crippen LogP contribution >= 0.6 is 0 Å². The molecule has 0 spiro atoms. The molecule has 0 saturated heterocycles. The fourth-order valence-electron chi connectivity index (χ4n) is 8.94. The summed E-state index contributed by atoms with van der Waals surface area (Å²) < 4.78 is 7.93. The zero-order valence-electron chi connectivity index (χ0n) is 31.8. The third kappa shape index (κ3) is 7.18. The second-order valence-corrected chi connectivity index (χ2v) is 27.0. The van der Waals surface area contributed by atoms with E-state index >= 15 is 0 Å². The molecule has 3 heterocycles. The maximum Gasteiger partial charge on any atom is 0.120 e. The van der Waals surface area contributed by atoms with Gasteiger partial charge in [0.15, 0.2) is 0 Å². The van der Waals surface area contributed by atoms with Crippen molar-refractivity contribution in [2.24, 2.45) is 0 Å². The van der Waals surface area contributed by atoms with Crippen LogP contribution in [0.5, 0.6) is 0 Å². The topological polar surface area (TPSA) is 38.9 Å². The third-order valence-corrected chi connectivity index (χ3v) is 16.1. The predicted octanol–water partition coefficient (Wildman–Crippen LogP) is 11.8. The standard InChI is InChI=1S/C31H26NO.C18H22GeN.Ir/c1-3-10-23-20(7-1)9-5-12-24(23)22-15-16-29-28(19-22)26-13-6-14-27(31(26)33-29)30-25-11-4-2-8-21(25)17-18-32-30;1-19(2,3)15-11-12-18(20-13-15)17-10-6-8-14-7-4-5-9-16(14)17;/h5-6,9,12-13,15-19H,1-4,7-8,10-11H2;6,8,11-13H,4-5,7,9H2,1-3H3;/q2*-1;. The van der Waals surface area contributed by atoms with Gasteiger partial charge in [0.1, 0.15) is 5.58 Å². The van der Waals surface area contributed by atoms with Crippen LogP contribution in [0.1, 0.15) is 71.9 Å². The minimum atomic E-state index is -1.75. The molecule has 0 N–H and O–H groups in total. The van der Waals surface area contributed by atoms with E-state index in [0.717, 1.165) is 46.3 Å². The molecule has 3 aromatic heterocycles. The van der Waals surface area contributed by atoms with E-state index in [2.05, 4.69) is 108 Å². The molecule has 0 amide bonds. The van der Waals surface area contributed by atoms with E-state index < -0.39 is 13.3 Å². The molecule has 3 aliphatic rings. The average Bonchev–Trinajstić information content (AvgIpc) is 3.58. The Bertz CT molecular complexity index is 2460. The SMILES string of the molecule is [CH3][Ge]([CH3])([CH3])[c]1ccc(-c2[c-]ccc3c2CCCC3)nc1.[Ir].[c-]1ccc2c(oc3ccc(-c4cccc5c4CCCC5)cc32)c1-c1nccc2c1CCCC2. The Labute approximate surface area is 336 Å². The normalized spacial score (nSPS) is 15.0. The minimum absolute atomic E-state index is 0. The summed E-state index contributed by atoms with van der Waals surface area (Å²) in [5, 5.41) is 2.33. The van der Waals surface area contributed by atoms with Crippen molar-refractivity contribution in [2.45, 2.75) is 94.3 Å². The number of benzene rings is 4. The Morgan fingerprint density at radius 2 is 1.30 bits per heavy atom. The Morgan fingerprint density at radius 1 is 0.611 bits per heavy atom. The van der Waals surface area contributed by atoms with Gasteiger partial charge in [0.2, 0.25) is 0 Å². The van der Waals surface area contributed by atoms with Crippen LogP contribution in [0, 0.1) is 12.1 Å². The zero-order chi connectivity index (χ0) is 35.9. The van der Waals surface area contributed by atoms with Crippen LogP contribution in [0.15, 0.2) is 95.7 Å². The molecule has 0 bridgehead atoms. The molecule has 275 valence electrons. The van der Waals surface area contributed by atoms with Crippen LogP contribution in [0.25, 0.3) is 55.6 Å². The summed E-state index contributed by atoms with van der Waals surface area (Å²) in [6.07, 6.45) is 18.8. The van der Waals surface area contributed by atoms with Gasteiger partial charge in [-0.15, -0.1) is 18.2 Å². The van der Waals surface area contributed by atoms with Crippen molar-refractivity contribution < 1.29 is 24.5 Å². The number of pyridine rings is 2. The van der Waals surface area contributed by atoms with Gasteiger partial charge >= 0.3 is 125 Å². The van der Waals surface area contributed by atoms with E-state index in [1.54, 1.807) is 0 Å². The van der Waals surface area contributed by atoms with Crippen molar-refractivity contribution in [2.75, 3.05) is 0 Å². The van der Waals surface area contributed by atoms with Gasteiger partial charge in [-0.2, -0.15) is 0 Å². The molecule has 7 aromatic rings. The van der Waals surface area contributed by atoms with E-state index in [4.69, 9.17) is 14.4 Å². The quantitative estimate of drug-likeness (QED) is 0.130. The first-order valence-electron chi connectivity index (χ1n) is 19.9. The van der Waals surface area contributed by atoms with Crippen LogP contribution < -0.4 is 4.40 Å². The molecule has 0 aliphatic heterocycles. The number of hydrogen-bond donors (Lipinski definition) is 0. The average molecular weight is 946 g/mol. The van der Waals surface area contributed by atoms with E-state index in [-0.39, 0.29) is 20.1 Å². The summed E-state index contributed by atoms with van der Waals surface area (Å²) in [7, 11) is 0. The molecular weight excluding hydrogens is 897 g/mol. The largest absolute Gasteiger partial charge is 0.501 e. The first-order valence-corrected chi connectivity index (χ1v) is 27.2. The van der Waals surface area contributed by atoms with Gasteiger partial charge in [0.25, 0.3) is 0 Å². The van der Waals surface area contributed by atoms with Crippen molar-refractivity contribution in [1.82, 2.24) is 9.97 Å². The number of furan rings is 1. The van der Waals surface area contributed by atoms with Gasteiger partial charge in [-0.1, -0.05) is 46.3 Å². The van der Waals surface area contributed by atoms with Crippen LogP contribution in [0.2, 0.25) is 17.3 Å². The molecule has 3 aliphatic carbocycles. The molecule has 4 aromatic carbocycles. The molecule has 0 atom stereocenters. The number of aryl methyl sites for hydroxylation is 3. The van der Waals surface area contributed by atoms with Crippen LogP contribution in [-0.2, 0) is 58.6 Å². The maximum absolute atomic E-state index is 6.46. The maximum atomic E-state index is 6.46. The van der Waals surface area contributed by atoms with Gasteiger partial charge in [-0.05, 0) is 97.5 Å². The second-order valence-electron chi connectivity index (χ2n) is 16.3. The molecule has 5 heteroatoms. The second kappa shape index (κ2) is 15.7. The summed E-state index contributed by atoms with van der Waals surface area (Å²) in [6.45, 7) is 0. The van der Waals surface area contributed by atoms with E-state index in [9.17, 15) is 0 Å². The summed E-state index contributed by atoms with van der Waals surface area (Å²) in [5.41, 5.74) is 17.7. The molecule has 1 radical (unpaired) electrons. The first kappa shape index (κ1) is 37.1. The Balaban J connectivity index is 0.000000170. The van der Waals surface area contributed by atoms with Crippen LogP contribution in [0.4, 0.5) is 0 Å². The van der Waals surface area contributed by atoms with Crippen LogP contribution in [-0.4, -0.2) is 23.2 Å². The van der Waals surface area contributed by atoms with E-state index in [1.165, 1.54) is 124 Å². The molecule has 54 heavy (non-hydrogen) atoms. The number of hydrogen-bond acceptors (Lipinski definition) is 3. The minimum Gasteiger partial charge on any atom is -0.501 e. The predicted molar refractivity (Wildman–Crippen MR) is 223 cm³/mol. The first-order chi connectivity index (χ1) is 25.9.